The zero-order valence-electron chi connectivity index (χ0n) is 9.21. The second kappa shape index (κ2) is 8.55. The second-order valence-corrected chi connectivity index (χ2v) is 4.53. The van der Waals surface area contributed by atoms with Gasteiger partial charge in [-0.05, 0) is 19.9 Å². The molecule has 5 nitrogen and oxygen atoms in total. The summed E-state index contributed by atoms with van der Waals surface area (Å²) < 4.78 is 0. The number of imide groups is 1. The molecule has 1 unspecified atom stereocenters. The summed E-state index contributed by atoms with van der Waals surface area (Å²) in [4.78, 5) is 22.2. The van der Waals surface area contributed by atoms with E-state index in [-0.39, 0.29) is 11.7 Å². The Kier molecular flexibility index (Phi) is 8.12. The van der Waals surface area contributed by atoms with Gasteiger partial charge >= 0.3 is 6.03 Å². The highest BCUT2D eigenvalue weighted by molar-refractivity contribution is 8.00. The number of nitrogens with two attached hydrogens (primary N) is 1. The summed E-state index contributed by atoms with van der Waals surface area (Å²) in [7, 11) is 0. The van der Waals surface area contributed by atoms with Crippen molar-refractivity contribution in [2.75, 3.05) is 18.8 Å². The molecule has 0 aromatic rings. The smallest absolute Gasteiger partial charge is 0.321 e. The number of amides is 3. The van der Waals surface area contributed by atoms with Crippen molar-refractivity contribution in [3.63, 3.8) is 0 Å². The number of rotatable bonds is 6. The SMILES string of the molecule is CCNC(=O)NC(=O)CSC(C)CCN. The van der Waals surface area contributed by atoms with Crippen molar-refractivity contribution >= 4 is 23.7 Å². The third kappa shape index (κ3) is 8.26. The van der Waals surface area contributed by atoms with Crippen molar-refractivity contribution < 1.29 is 9.59 Å². The van der Waals surface area contributed by atoms with E-state index in [1.54, 1.807) is 6.92 Å². The molecule has 0 rings (SSSR count). The van der Waals surface area contributed by atoms with E-state index >= 15 is 0 Å². The second-order valence-electron chi connectivity index (χ2n) is 3.11. The topological polar surface area (TPSA) is 84.2 Å². The van der Waals surface area contributed by atoms with Crippen molar-refractivity contribution in [3.05, 3.63) is 0 Å². The minimum absolute atomic E-state index is 0.269. The fourth-order valence-corrected chi connectivity index (χ4v) is 1.71. The van der Waals surface area contributed by atoms with E-state index in [4.69, 9.17) is 5.73 Å². The maximum Gasteiger partial charge on any atom is 0.321 e. The van der Waals surface area contributed by atoms with E-state index in [1.807, 2.05) is 6.92 Å². The van der Waals surface area contributed by atoms with Crippen LogP contribution in [0.4, 0.5) is 4.79 Å². The zero-order valence-corrected chi connectivity index (χ0v) is 10.0. The molecule has 0 saturated carbocycles. The molecule has 88 valence electrons. The Hall–Kier alpha value is -0.750. The summed E-state index contributed by atoms with van der Waals surface area (Å²) in [6.07, 6.45) is 0.874. The lowest BCUT2D eigenvalue weighted by Crippen LogP contribution is -2.40. The van der Waals surface area contributed by atoms with Crippen LogP contribution in [0.1, 0.15) is 20.3 Å². The van der Waals surface area contributed by atoms with Crippen LogP contribution in [0.5, 0.6) is 0 Å². The molecule has 3 amide bonds. The van der Waals surface area contributed by atoms with Crippen LogP contribution in [-0.2, 0) is 4.79 Å². The summed E-state index contributed by atoms with van der Waals surface area (Å²) in [5, 5.41) is 5.07. The van der Waals surface area contributed by atoms with Crippen molar-refractivity contribution in [1.29, 1.82) is 0 Å². The highest BCUT2D eigenvalue weighted by Gasteiger charge is 2.08. The Bertz CT molecular complexity index is 212. The lowest BCUT2D eigenvalue weighted by molar-refractivity contribution is -0.117. The van der Waals surface area contributed by atoms with Gasteiger partial charge in [0.2, 0.25) is 5.91 Å². The molecule has 0 spiro atoms. The van der Waals surface area contributed by atoms with E-state index in [0.717, 1.165) is 6.42 Å². The Labute approximate surface area is 94.5 Å². The first-order valence-electron chi connectivity index (χ1n) is 4.99. The summed E-state index contributed by atoms with van der Waals surface area (Å²) in [5.74, 6) is 0.0213. The van der Waals surface area contributed by atoms with Gasteiger partial charge in [0.25, 0.3) is 0 Å². The maximum atomic E-state index is 11.2. The zero-order chi connectivity index (χ0) is 11.7. The molecule has 6 heteroatoms. The number of nitrogens with one attached hydrogen (secondary N) is 2. The Morgan fingerprint density at radius 2 is 2.13 bits per heavy atom. The third-order valence-corrected chi connectivity index (χ3v) is 2.90. The van der Waals surface area contributed by atoms with Crippen LogP contribution in [0, 0.1) is 0 Å². The highest BCUT2D eigenvalue weighted by atomic mass is 32.2. The molecule has 0 aromatic heterocycles. The van der Waals surface area contributed by atoms with Gasteiger partial charge in [-0.1, -0.05) is 6.92 Å². The number of hydrogen-bond donors (Lipinski definition) is 3. The number of thioether (sulfide) groups is 1. The van der Waals surface area contributed by atoms with Crippen molar-refractivity contribution in [3.8, 4) is 0 Å². The standard InChI is InChI=1S/C9H19N3O2S/c1-3-11-9(14)12-8(13)6-15-7(2)4-5-10/h7H,3-6,10H2,1-2H3,(H2,11,12,13,14). The van der Waals surface area contributed by atoms with Crippen LogP contribution in [0.3, 0.4) is 0 Å². The molecule has 0 aromatic carbocycles. The van der Waals surface area contributed by atoms with Crippen molar-refractivity contribution in [2.24, 2.45) is 5.73 Å². The minimum atomic E-state index is -0.436. The van der Waals surface area contributed by atoms with E-state index in [1.165, 1.54) is 11.8 Å². The number of carbonyl (C=O) groups excluding carboxylic acids is 2. The number of hydrogen-bond acceptors (Lipinski definition) is 4. The number of urea groups is 1. The summed E-state index contributed by atoms with van der Waals surface area (Å²) in [6.45, 7) is 4.93. The Morgan fingerprint density at radius 1 is 1.47 bits per heavy atom. The van der Waals surface area contributed by atoms with E-state index < -0.39 is 6.03 Å². The first kappa shape index (κ1) is 14.2. The predicted molar refractivity (Wildman–Crippen MR) is 62.8 cm³/mol. The quantitative estimate of drug-likeness (QED) is 0.616. The third-order valence-electron chi connectivity index (χ3n) is 1.66. The van der Waals surface area contributed by atoms with Crippen LogP contribution in [-0.4, -0.2) is 36.0 Å². The van der Waals surface area contributed by atoms with Gasteiger partial charge in [0.15, 0.2) is 0 Å². The summed E-state index contributed by atoms with van der Waals surface area (Å²) in [5.41, 5.74) is 5.38. The van der Waals surface area contributed by atoms with Crippen LogP contribution >= 0.6 is 11.8 Å². The number of carbonyl (C=O) groups is 2. The van der Waals surface area contributed by atoms with Gasteiger partial charge in [0.05, 0.1) is 5.75 Å². The molecule has 0 radical (unpaired) electrons. The van der Waals surface area contributed by atoms with Gasteiger partial charge in [0.1, 0.15) is 0 Å². The first-order valence-corrected chi connectivity index (χ1v) is 6.04. The molecule has 0 fully saturated rings. The van der Waals surface area contributed by atoms with Crippen molar-refractivity contribution in [1.82, 2.24) is 10.6 Å². The summed E-state index contributed by atoms with van der Waals surface area (Å²) >= 11 is 1.50. The van der Waals surface area contributed by atoms with Crippen LogP contribution in [0.2, 0.25) is 0 Å². The fraction of sp³-hybridized carbons (Fsp3) is 0.778. The molecule has 15 heavy (non-hydrogen) atoms. The normalized spacial score (nSPS) is 11.9. The molecule has 4 N–H and O–H groups in total. The lowest BCUT2D eigenvalue weighted by atomic mass is 10.3. The molecule has 0 aliphatic rings. The molecular weight excluding hydrogens is 214 g/mol. The fourth-order valence-electron chi connectivity index (χ4n) is 0.903. The first-order chi connectivity index (χ1) is 7.10. The van der Waals surface area contributed by atoms with Gasteiger partial charge in [-0.25, -0.2) is 4.79 Å². The average molecular weight is 233 g/mol. The van der Waals surface area contributed by atoms with Gasteiger partial charge in [-0.2, -0.15) is 0 Å². The van der Waals surface area contributed by atoms with Gasteiger partial charge in [-0.15, -0.1) is 11.8 Å². The molecule has 0 bridgehead atoms. The van der Waals surface area contributed by atoms with Crippen LogP contribution in [0.15, 0.2) is 0 Å². The lowest BCUT2D eigenvalue weighted by Gasteiger charge is -2.09. The van der Waals surface area contributed by atoms with Crippen LogP contribution < -0.4 is 16.4 Å². The van der Waals surface area contributed by atoms with Gasteiger partial charge in [-0.3, -0.25) is 10.1 Å². The van der Waals surface area contributed by atoms with Gasteiger partial charge < -0.3 is 11.1 Å². The van der Waals surface area contributed by atoms with Crippen LogP contribution in [0.25, 0.3) is 0 Å². The average Bonchev–Trinajstić information content (AvgIpc) is 2.15. The predicted octanol–water partition coefficient (Wildman–Crippen LogP) is 0.303. The molecule has 0 heterocycles. The van der Waals surface area contributed by atoms with Gasteiger partial charge in [0, 0.05) is 11.8 Å². The monoisotopic (exact) mass is 233 g/mol. The van der Waals surface area contributed by atoms with Crippen molar-refractivity contribution in [2.45, 2.75) is 25.5 Å². The molecule has 1 atom stereocenters. The largest absolute Gasteiger partial charge is 0.338 e. The highest BCUT2D eigenvalue weighted by Crippen LogP contribution is 2.12. The van der Waals surface area contributed by atoms with E-state index in [2.05, 4.69) is 10.6 Å². The molecule has 0 aliphatic carbocycles. The maximum absolute atomic E-state index is 11.2. The summed E-state index contributed by atoms with van der Waals surface area (Å²) in [6, 6.07) is -0.436. The molecule has 0 aliphatic heterocycles. The molecule has 0 saturated heterocycles. The Morgan fingerprint density at radius 3 is 2.67 bits per heavy atom. The Balaban J connectivity index is 3.61. The molecular formula is C9H19N3O2S. The minimum Gasteiger partial charge on any atom is -0.338 e. The van der Waals surface area contributed by atoms with E-state index in [9.17, 15) is 9.59 Å². The van der Waals surface area contributed by atoms with E-state index in [0.29, 0.717) is 18.3 Å².